The average Bonchev–Trinajstić information content (AvgIpc) is 2.26. The largest absolute Gasteiger partial charge is 0.306 e. The monoisotopic (exact) mass is 231 g/mol. The zero-order chi connectivity index (χ0) is 12.6. The Kier molecular flexibility index (Phi) is 3.31. The summed E-state index contributed by atoms with van der Waals surface area (Å²) in [5.74, 6) is 0. The highest BCUT2D eigenvalue weighted by Gasteiger charge is 2.22. The Labute approximate surface area is 106 Å². The number of nitrogens with zero attached hydrogens (tertiary/aromatic N) is 1. The zero-order valence-corrected chi connectivity index (χ0v) is 11.9. The van der Waals surface area contributed by atoms with Gasteiger partial charge in [0.25, 0.3) is 0 Å². The number of hydrogen-bond donors (Lipinski definition) is 0. The van der Waals surface area contributed by atoms with E-state index in [9.17, 15) is 0 Å². The van der Waals surface area contributed by atoms with E-state index in [0.29, 0.717) is 0 Å². The third kappa shape index (κ3) is 2.71. The molecule has 1 aromatic carbocycles. The van der Waals surface area contributed by atoms with Crippen molar-refractivity contribution in [1.82, 2.24) is 4.90 Å². The molecule has 1 nitrogen and oxygen atoms in total. The molecule has 1 unspecified atom stereocenters. The number of likely N-dealkylation sites (N-methyl/N-ethyl adjacent to an activating group) is 1. The molecule has 0 heterocycles. The van der Waals surface area contributed by atoms with Crippen LogP contribution in [0, 0.1) is 0 Å². The van der Waals surface area contributed by atoms with Crippen LogP contribution in [0.25, 0.3) is 0 Å². The van der Waals surface area contributed by atoms with E-state index < -0.39 is 0 Å². The highest BCUT2D eigenvalue weighted by atomic mass is 15.1. The van der Waals surface area contributed by atoms with Gasteiger partial charge in [0.15, 0.2) is 0 Å². The minimum atomic E-state index is 0.264. The first kappa shape index (κ1) is 12.6. The Bertz CT molecular complexity index is 398. The number of fused-ring (bicyclic) bond motifs is 1. The molecular formula is C16H25N. The molecular weight excluding hydrogens is 206 g/mol. The maximum absolute atomic E-state index is 2.44. The third-order valence-corrected chi connectivity index (χ3v) is 4.01. The maximum atomic E-state index is 2.44. The van der Waals surface area contributed by atoms with Gasteiger partial charge in [-0.05, 0) is 55.5 Å². The maximum Gasteiger partial charge on any atom is 0.0133 e. The SMILES string of the molecule is CN(C)C1CCc2ccc(C(C)(C)C)cc2C1. The van der Waals surface area contributed by atoms with E-state index in [4.69, 9.17) is 0 Å². The van der Waals surface area contributed by atoms with Crippen LogP contribution in [0.2, 0.25) is 0 Å². The number of aryl methyl sites for hydroxylation is 1. The van der Waals surface area contributed by atoms with Crippen LogP contribution in [0.3, 0.4) is 0 Å². The molecule has 1 aliphatic rings. The van der Waals surface area contributed by atoms with Gasteiger partial charge in [0.05, 0.1) is 0 Å². The van der Waals surface area contributed by atoms with Gasteiger partial charge in [-0.3, -0.25) is 0 Å². The minimum absolute atomic E-state index is 0.264. The molecule has 0 N–H and O–H groups in total. The molecule has 17 heavy (non-hydrogen) atoms. The number of hydrogen-bond acceptors (Lipinski definition) is 1. The van der Waals surface area contributed by atoms with E-state index >= 15 is 0 Å². The molecule has 1 aliphatic carbocycles. The molecule has 1 atom stereocenters. The van der Waals surface area contributed by atoms with E-state index in [1.807, 2.05) is 0 Å². The predicted octanol–water partition coefficient (Wildman–Crippen LogP) is 3.40. The van der Waals surface area contributed by atoms with Gasteiger partial charge in [-0.2, -0.15) is 0 Å². The van der Waals surface area contributed by atoms with Gasteiger partial charge < -0.3 is 4.90 Å². The Morgan fingerprint density at radius 1 is 1.12 bits per heavy atom. The van der Waals surface area contributed by atoms with Gasteiger partial charge in [-0.25, -0.2) is 0 Å². The first-order valence-corrected chi connectivity index (χ1v) is 6.66. The topological polar surface area (TPSA) is 3.24 Å². The predicted molar refractivity (Wildman–Crippen MR) is 74.6 cm³/mol. The Hall–Kier alpha value is -0.820. The molecule has 0 aliphatic heterocycles. The second-order valence-corrected chi connectivity index (χ2v) is 6.59. The summed E-state index contributed by atoms with van der Waals surface area (Å²) in [7, 11) is 4.40. The van der Waals surface area contributed by atoms with Crippen molar-refractivity contribution in [1.29, 1.82) is 0 Å². The van der Waals surface area contributed by atoms with E-state index in [1.165, 1.54) is 24.8 Å². The van der Waals surface area contributed by atoms with Crippen molar-refractivity contribution in [2.75, 3.05) is 14.1 Å². The van der Waals surface area contributed by atoms with Crippen LogP contribution in [0.5, 0.6) is 0 Å². The average molecular weight is 231 g/mol. The normalized spacial score (nSPS) is 20.5. The summed E-state index contributed by atoms with van der Waals surface area (Å²) >= 11 is 0. The van der Waals surface area contributed by atoms with E-state index in [1.54, 1.807) is 11.1 Å². The molecule has 2 rings (SSSR count). The Morgan fingerprint density at radius 3 is 2.41 bits per heavy atom. The lowest BCUT2D eigenvalue weighted by atomic mass is 9.81. The summed E-state index contributed by atoms with van der Waals surface area (Å²) in [6.07, 6.45) is 3.75. The van der Waals surface area contributed by atoms with Crippen molar-refractivity contribution in [3.8, 4) is 0 Å². The molecule has 0 bridgehead atoms. The third-order valence-electron chi connectivity index (χ3n) is 4.01. The lowest BCUT2D eigenvalue weighted by molar-refractivity contribution is 0.268. The highest BCUT2D eigenvalue weighted by molar-refractivity contribution is 5.37. The quantitative estimate of drug-likeness (QED) is 0.716. The molecule has 94 valence electrons. The van der Waals surface area contributed by atoms with Crippen molar-refractivity contribution >= 4 is 0 Å². The van der Waals surface area contributed by atoms with Crippen LogP contribution in [0.15, 0.2) is 18.2 Å². The molecule has 0 radical (unpaired) electrons. The van der Waals surface area contributed by atoms with Crippen LogP contribution >= 0.6 is 0 Å². The van der Waals surface area contributed by atoms with Crippen molar-refractivity contribution in [3.05, 3.63) is 34.9 Å². The lowest BCUT2D eigenvalue weighted by Crippen LogP contribution is -2.33. The summed E-state index contributed by atoms with van der Waals surface area (Å²) in [5, 5.41) is 0. The molecule has 0 amide bonds. The second-order valence-electron chi connectivity index (χ2n) is 6.59. The van der Waals surface area contributed by atoms with Gasteiger partial charge in [-0.1, -0.05) is 39.0 Å². The van der Waals surface area contributed by atoms with Gasteiger partial charge in [0.2, 0.25) is 0 Å². The summed E-state index contributed by atoms with van der Waals surface area (Å²) in [4.78, 5) is 2.37. The zero-order valence-electron chi connectivity index (χ0n) is 11.9. The summed E-state index contributed by atoms with van der Waals surface area (Å²) in [5.41, 5.74) is 4.87. The fraction of sp³-hybridized carbons (Fsp3) is 0.625. The van der Waals surface area contributed by atoms with Gasteiger partial charge >= 0.3 is 0 Å². The smallest absolute Gasteiger partial charge is 0.0133 e. The lowest BCUT2D eigenvalue weighted by Gasteiger charge is -2.31. The van der Waals surface area contributed by atoms with Gasteiger partial charge in [0.1, 0.15) is 0 Å². The molecule has 1 heteroatoms. The summed E-state index contributed by atoms with van der Waals surface area (Å²) in [6, 6.07) is 7.82. The highest BCUT2D eigenvalue weighted by Crippen LogP contribution is 2.29. The van der Waals surface area contributed by atoms with Crippen LogP contribution < -0.4 is 0 Å². The van der Waals surface area contributed by atoms with E-state index in [0.717, 1.165) is 6.04 Å². The van der Waals surface area contributed by atoms with Crippen molar-refractivity contribution in [2.45, 2.75) is 51.5 Å². The fourth-order valence-electron chi connectivity index (χ4n) is 2.65. The fourth-order valence-corrected chi connectivity index (χ4v) is 2.65. The van der Waals surface area contributed by atoms with Crippen LogP contribution in [-0.2, 0) is 18.3 Å². The summed E-state index contributed by atoms with van der Waals surface area (Å²) in [6.45, 7) is 6.88. The Morgan fingerprint density at radius 2 is 1.82 bits per heavy atom. The summed E-state index contributed by atoms with van der Waals surface area (Å²) < 4.78 is 0. The van der Waals surface area contributed by atoms with Crippen molar-refractivity contribution in [3.63, 3.8) is 0 Å². The van der Waals surface area contributed by atoms with Crippen LogP contribution in [0.1, 0.15) is 43.9 Å². The van der Waals surface area contributed by atoms with E-state index in [2.05, 4.69) is 58.0 Å². The number of benzene rings is 1. The molecule has 0 saturated heterocycles. The number of rotatable bonds is 1. The standard InChI is InChI=1S/C16H25N/c1-16(2,3)14-8-6-12-7-9-15(17(4)5)11-13(12)10-14/h6,8,10,15H,7,9,11H2,1-5H3. The molecule has 0 aromatic heterocycles. The second kappa shape index (κ2) is 4.45. The first-order chi connectivity index (χ1) is 7.88. The van der Waals surface area contributed by atoms with Crippen molar-refractivity contribution in [2.24, 2.45) is 0 Å². The molecule has 0 saturated carbocycles. The first-order valence-electron chi connectivity index (χ1n) is 6.66. The van der Waals surface area contributed by atoms with Gasteiger partial charge in [-0.15, -0.1) is 0 Å². The van der Waals surface area contributed by atoms with Crippen LogP contribution in [0.4, 0.5) is 0 Å². The molecule has 0 fully saturated rings. The molecule has 1 aromatic rings. The minimum Gasteiger partial charge on any atom is -0.306 e. The van der Waals surface area contributed by atoms with E-state index in [-0.39, 0.29) is 5.41 Å². The van der Waals surface area contributed by atoms with Crippen LogP contribution in [-0.4, -0.2) is 25.0 Å². The van der Waals surface area contributed by atoms with Crippen molar-refractivity contribution < 1.29 is 0 Å². The van der Waals surface area contributed by atoms with Gasteiger partial charge in [0, 0.05) is 6.04 Å². The Balaban J connectivity index is 2.29. The molecule has 0 spiro atoms.